The summed E-state index contributed by atoms with van der Waals surface area (Å²) in [5.41, 5.74) is 0.607. The van der Waals surface area contributed by atoms with Crippen molar-refractivity contribution in [1.29, 1.82) is 0 Å². The third-order valence-corrected chi connectivity index (χ3v) is 4.35. The van der Waals surface area contributed by atoms with Crippen molar-refractivity contribution in [2.75, 3.05) is 25.5 Å². The average molecular weight is 371 g/mol. The number of hydrogen-bond acceptors (Lipinski definition) is 3. The van der Waals surface area contributed by atoms with E-state index in [9.17, 15) is 9.59 Å². The number of piperidine rings is 1. The van der Waals surface area contributed by atoms with E-state index in [1.165, 1.54) is 0 Å². The SMILES string of the molecule is COc1cc(NC(=O)N2CC(C)CC(C(=O)O)C2)ccc1Br. The summed E-state index contributed by atoms with van der Waals surface area (Å²) < 4.78 is 5.99. The predicted molar refractivity (Wildman–Crippen MR) is 86.2 cm³/mol. The van der Waals surface area contributed by atoms with Gasteiger partial charge >= 0.3 is 12.0 Å². The van der Waals surface area contributed by atoms with Gasteiger partial charge in [-0.15, -0.1) is 0 Å². The van der Waals surface area contributed by atoms with Crippen LogP contribution in [0.2, 0.25) is 0 Å². The fraction of sp³-hybridized carbons (Fsp3) is 0.467. The van der Waals surface area contributed by atoms with Gasteiger partial charge in [0.05, 0.1) is 17.5 Å². The molecule has 1 fully saturated rings. The van der Waals surface area contributed by atoms with Gasteiger partial charge in [0.15, 0.2) is 0 Å². The Balaban J connectivity index is 2.06. The third-order valence-electron chi connectivity index (χ3n) is 3.70. The van der Waals surface area contributed by atoms with Crippen molar-refractivity contribution >= 4 is 33.6 Å². The number of urea groups is 1. The molecular weight excluding hydrogens is 352 g/mol. The topological polar surface area (TPSA) is 78.9 Å². The molecular formula is C15H19BrN2O4. The van der Waals surface area contributed by atoms with Gasteiger partial charge in [-0.25, -0.2) is 4.79 Å². The molecule has 120 valence electrons. The first kappa shape index (κ1) is 16.6. The normalized spacial score (nSPS) is 21.3. The van der Waals surface area contributed by atoms with E-state index in [4.69, 9.17) is 9.84 Å². The molecule has 0 spiro atoms. The number of ether oxygens (including phenoxy) is 1. The summed E-state index contributed by atoms with van der Waals surface area (Å²) in [6.45, 7) is 2.75. The molecule has 1 heterocycles. The number of halogens is 1. The van der Waals surface area contributed by atoms with E-state index in [2.05, 4.69) is 21.2 Å². The Kier molecular flexibility index (Phi) is 5.28. The summed E-state index contributed by atoms with van der Waals surface area (Å²) in [4.78, 5) is 25.1. The molecule has 1 saturated heterocycles. The Bertz CT molecular complexity index is 579. The Morgan fingerprint density at radius 1 is 1.41 bits per heavy atom. The molecule has 0 radical (unpaired) electrons. The predicted octanol–water partition coefficient (Wildman–Crippen LogP) is 3.03. The monoisotopic (exact) mass is 370 g/mol. The van der Waals surface area contributed by atoms with Gasteiger partial charge in [0, 0.05) is 24.8 Å². The summed E-state index contributed by atoms with van der Waals surface area (Å²) in [7, 11) is 1.55. The lowest BCUT2D eigenvalue weighted by molar-refractivity contribution is -0.143. The third kappa shape index (κ3) is 3.91. The second kappa shape index (κ2) is 7.00. The number of benzene rings is 1. The van der Waals surface area contributed by atoms with Crippen molar-refractivity contribution in [2.45, 2.75) is 13.3 Å². The number of amides is 2. The van der Waals surface area contributed by atoms with E-state index in [0.717, 1.165) is 4.47 Å². The number of methoxy groups -OCH3 is 1. The molecule has 7 heteroatoms. The molecule has 0 aliphatic carbocycles. The quantitative estimate of drug-likeness (QED) is 0.856. The molecule has 2 atom stereocenters. The smallest absolute Gasteiger partial charge is 0.321 e. The lowest BCUT2D eigenvalue weighted by Gasteiger charge is -2.34. The maximum atomic E-state index is 12.3. The Morgan fingerprint density at radius 2 is 2.14 bits per heavy atom. The molecule has 6 nitrogen and oxygen atoms in total. The van der Waals surface area contributed by atoms with Crippen molar-refractivity contribution in [3.8, 4) is 5.75 Å². The second-order valence-corrected chi connectivity index (χ2v) is 6.41. The highest BCUT2D eigenvalue weighted by Crippen LogP contribution is 2.28. The Morgan fingerprint density at radius 3 is 2.77 bits per heavy atom. The van der Waals surface area contributed by atoms with Gasteiger partial charge < -0.3 is 20.1 Å². The van der Waals surface area contributed by atoms with E-state index >= 15 is 0 Å². The van der Waals surface area contributed by atoms with E-state index in [1.807, 2.05) is 6.92 Å². The maximum Gasteiger partial charge on any atom is 0.321 e. The number of anilines is 1. The summed E-state index contributed by atoms with van der Waals surface area (Å²) >= 11 is 3.35. The largest absolute Gasteiger partial charge is 0.495 e. The number of rotatable bonds is 3. The molecule has 0 aromatic heterocycles. The molecule has 1 aliphatic heterocycles. The van der Waals surface area contributed by atoms with Crippen LogP contribution >= 0.6 is 15.9 Å². The van der Waals surface area contributed by atoms with Crippen molar-refractivity contribution in [1.82, 2.24) is 4.90 Å². The van der Waals surface area contributed by atoms with Crippen LogP contribution < -0.4 is 10.1 Å². The highest BCUT2D eigenvalue weighted by atomic mass is 79.9. The number of carboxylic acids is 1. The van der Waals surface area contributed by atoms with Gasteiger partial charge in [0.1, 0.15) is 5.75 Å². The second-order valence-electron chi connectivity index (χ2n) is 5.56. The van der Waals surface area contributed by atoms with Gasteiger partial charge in [-0.2, -0.15) is 0 Å². The first-order valence-electron chi connectivity index (χ1n) is 7.03. The number of carbonyl (C=O) groups is 2. The Labute approximate surface area is 137 Å². The van der Waals surface area contributed by atoms with E-state index < -0.39 is 11.9 Å². The number of nitrogens with one attached hydrogen (secondary N) is 1. The fourth-order valence-electron chi connectivity index (χ4n) is 2.64. The van der Waals surface area contributed by atoms with Gasteiger partial charge in [-0.1, -0.05) is 6.92 Å². The van der Waals surface area contributed by atoms with Crippen LogP contribution in [0.15, 0.2) is 22.7 Å². The van der Waals surface area contributed by atoms with Crippen molar-refractivity contribution in [3.63, 3.8) is 0 Å². The van der Waals surface area contributed by atoms with Crippen LogP contribution in [0.5, 0.6) is 5.75 Å². The number of likely N-dealkylation sites (tertiary alicyclic amines) is 1. The van der Waals surface area contributed by atoms with E-state index in [-0.39, 0.29) is 18.5 Å². The van der Waals surface area contributed by atoms with Crippen molar-refractivity contribution < 1.29 is 19.4 Å². The lowest BCUT2D eigenvalue weighted by Crippen LogP contribution is -2.47. The van der Waals surface area contributed by atoms with Gasteiger partial charge in [-0.3, -0.25) is 4.79 Å². The average Bonchev–Trinajstić information content (AvgIpc) is 2.48. The summed E-state index contributed by atoms with van der Waals surface area (Å²) in [5, 5.41) is 12.0. The van der Waals surface area contributed by atoms with Crippen LogP contribution in [0.3, 0.4) is 0 Å². The summed E-state index contributed by atoms with van der Waals surface area (Å²) in [6, 6.07) is 4.96. The number of hydrogen-bond donors (Lipinski definition) is 2. The fourth-order valence-corrected chi connectivity index (χ4v) is 3.04. The van der Waals surface area contributed by atoms with E-state index in [1.54, 1.807) is 30.2 Å². The van der Waals surface area contributed by atoms with Crippen molar-refractivity contribution in [2.24, 2.45) is 11.8 Å². The standard InChI is InChI=1S/C15H19BrN2O4/c1-9-5-10(14(19)20)8-18(7-9)15(21)17-11-3-4-12(16)13(6-11)22-2/h3-4,6,9-10H,5,7-8H2,1-2H3,(H,17,21)(H,19,20). The molecule has 0 bridgehead atoms. The zero-order valence-electron chi connectivity index (χ0n) is 12.5. The minimum atomic E-state index is -0.852. The molecule has 2 rings (SSSR count). The number of carbonyl (C=O) groups excluding carboxylic acids is 1. The molecule has 2 amide bonds. The van der Waals surface area contributed by atoms with Crippen LogP contribution in [-0.4, -0.2) is 42.2 Å². The molecule has 22 heavy (non-hydrogen) atoms. The lowest BCUT2D eigenvalue weighted by atomic mass is 9.91. The first-order chi connectivity index (χ1) is 10.4. The first-order valence-corrected chi connectivity index (χ1v) is 7.82. The van der Waals surface area contributed by atoms with Crippen LogP contribution in [0, 0.1) is 11.8 Å². The highest BCUT2D eigenvalue weighted by Gasteiger charge is 2.31. The zero-order valence-corrected chi connectivity index (χ0v) is 14.1. The number of aliphatic carboxylic acids is 1. The molecule has 0 saturated carbocycles. The van der Waals surface area contributed by atoms with Gasteiger partial charge in [0.2, 0.25) is 0 Å². The molecule has 2 N–H and O–H groups in total. The maximum absolute atomic E-state index is 12.3. The minimum Gasteiger partial charge on any atom is -0.495 e. The molecule has 2 unspecified atom stereocenters. The zero-order chi connectivity index (χ0) is 16.3. The number of nitrogens with zero attached hydrogens (tertiary/aromatic N) is 1. The van der Waals surface area contributed by atoms with Crippen molar-refractivity contribution in [3.05, 3.63) is 22.7 Å². The molecule has 1 aromatic carbocycles. The van der Waals surface area contributed by atoms with Gasteiger partial charge in [0.25, 0.3) is 0 Å². The Hall–Kier alpha value is -1.76. The van der Waals surface area contributed by atoms with Crippen LogP contribution in [-0.2, 0) is 4.79 Å². The number of carboxylic acid groups (broad SMARTS) is 1. The van der Waals surface area contributed by atoms with Crippen LogP contribution in [0.4, 0.5) is 10.5 Å². The van der Waals surface area contributed by atoms with Crippen LogP contribution in [0.25, 0.3) is 0 Å². The van der Waals surface area contributed by atoms with E-state index in [0.29, 0.717) is 24.4 Å². The summed E-state index contributed by atoms with van der Waals surface area (Å²) in [6.07, 6.45) is 0.602. The molecule has 1 aliphatic rings. The summed E-state index contributed by atoms with van der Waals surface area (Å²) in [5.74, 6) is -0.572. The minimum absolute atomic E-state index is 0.167. The molecule has 1 aromatic rings. The van der Waals surface area contributed by atoms with Gasteiger partial charge in [-0.05, 0) is 40.4 Å². The highest BCUT2D eigenvalue weighted by molar-refractivity contribution is 9.10. The van der Waals surface area contributed by atoms with Crippen LogP contribution in [0.1, 0.15) is 13.3 Å².